The molecule has 165 valence electrons. The van der Waals surface area contributed by atoms with E-state index in [0.29, 0.717) is 0 Å². The van der Waals surface area contributed by atoms with E-state index in [1.807, 2.05) is 24.3 Å². The van der Waals surface area contributed by atoms with E-state index in [2.05, 4.69) is 22.0 Å². The molecule has 1 aromatic carbocycles. The standard InChI is InChI=1S/C6H4Br.3C2HF3O2.Pb/c7-6-4-2-1-3-5-6;3*3-2(4,5)1(6)7;/h1-2,4-5H;3*(H,6,7);/p-3. The number of hydrogen-bond acceptors (Lipinski definition) is 6. The minimum Gasteiger partial charge on any atom is -0.542 e. The Hall–Kier alpha value is -1.60. The Balaban J connectivity index is -0.000000142. The van der Waals surface area contributed by atoms with E-state index in [1.54, 1.807) is 0 Å². The maximum Gasteiger partial charge on any atom is 0.430 e. The molecular formula is C12H4BrF9O6Pb-3. The first kappa shape index (κ1) is 34.9. The van der Waals surface area contributed by atoms with Crippen LogP contribution in [0.1, 0.15) is 0 Å². The van der Waals surface area contributed by atoms with Crippen LogP contribution in [0.15, 0.2) is 28.7 Å². The molecule has 0 spiro atoms. The van der Waals surface area contributed by atoms with Crippen molar-refractivity contribution in [3.8, 4) is 0 Å². The molecule has 0 aliphatic rings. The number of carboxylic acids is 3. The number of carbonyl (C=O) groups is 3. The zero-order valence-corrected chi connectivity index (χ0v) is 18.5. The number of rotatable bonds is 0. The van der Waals surface area contributed by atoms with Crippen LogP contribution >= 0.6 is 15.9 Å². The third-order valence-electron chi connectivity index (χ3n) is 1.36. The minimum atomic E-state index is -5.19. The quantitative estimate of drug-likeness (QED) is 0.272. The van der Waals surface area contributed by atoms with Crippen molar-refractivity contribution in [2.45, 2.75) is 18.5 Å². The summed E-state index contributed by atoms with van der Waals surface area (Å²) >= 11 is 3.28. The van der Waals surface area contributed by atoms with Crippen molar-refractivity contribution in [2.24, 2.45) is 0 Å². The van der Waals surface area contributed by atoms with Gasteiger partial charge in [0, 0.05) is 31.8 Å². The van der Waals surface area contributed by atoms with Gasteiger partial charge in [0.05, 0.1) is 0 Å². The van der Waals surface area contributed by atoms with E-state index in [-0.39, 0.29) is 27.3 Å². The van der Waals surface area contributed by atoms with Crippen LogP contribution < -0.4 is 15.3 Å². The molecule has 0 atom stereocenters. The van der Waals surface area contributed by atoms with Crippen molar-refractivity contribution in [1.29, 1.82) is 0 Å². The van der Waals surface area contributed by atoms with Crippen molar-refractivity contribution < 1.29 is 69.2 Å². The molecule has 0 unspecified atom stereocenters. The molecule has 0 bridgehead atoms. The zero-order chi connectivity index (χ0) is 23.3. The minimum absolute atomic E-state index is 0. The zero-order valence-electron chi connectivity index (χ0n) is 13.0. The summed E-state index contributed by atoms with van der Waals surface area (Å²) in [6.07, 6.45) is -15.6. The van der Waals surface area contributed by atoms with Gasteiger partial charge in [0.2, 0.25) is 0 Å². The topological polar surface area (TPSA) is 120 Å². The van der Waals surface area contributed by atoms with Gasteiger partial charge < -0.3 is 29.7 Å². The number of carbonyl (C=O) groups excluding carboxylic acids is 3. The fourth-order valence-electron chi connectivity index (χ4n) is 0.371. The third kappa shape index (κ3) is 26.4. The average Bonchev–Trinajstić information content (AvgIpc) is 2.46. The molecule has 17 heteroatoms. The molecule has 0 amide bonds. The second kappa shape index (κ2) is 15.3. The monoisotopic (exact) mass is 702 g/mol. The predicted molar refractivity (Wildman–Crippen MR) is 71.9 cm³/mol. The summed E-state index contributed by atoms with van der Waals surface area (Å²) in [6, 6.07) is 10.6. The van der Waals surface area contributed by atoms with Gasteiger partial charge in [-0.05, 0) is 18.2 Å². The smallest absolute Gasteiger partial charge is 0.430 e. The summed E-state index contributed by atoms with van der Waals surface area (Å²) < 4.78 is 95.7. The second-order valence-corrected chi connectivity index (χ2v) is 4.49. The molecule has 6 nitrogen and oxygen atoms in total. The van der Waals surface area contributed by atoms with Gasteiger partial charge in [-0.2, -0.15) is 39.5 Å². The SMILES string of the molecule is Brc1c[c]ccc1.O=C([O-])C(F)(F)F.O=C([O-])C(F)(F)F.O=C([O-])C(F)(F)F.[Pb]. The van der Waals surface area contributed by atoms with Gasteiger partial charge in [-0.3, -0.25) is 0 Å². The van der Waals surface area contributed by atoms with E-state index < -0.39 is 36.4 Å². The molecule has 0 fully saturated rings. The molecule has 1 rings (SSSR count). The molecule has 0 heterocycles. The molecule has 0 aliphatic heterocycles. The van der Waals surface area contributed by atoms with Gasteiger partial charge in [0.15, 0.2) is 0 Å². The molecule has 0 saturated carbocycles. The molecular weight excluding hydrogens is 698 g/mol. The van der Waals surface area contributed by atoms with E-state index >= 15 is 0 Å². The van der Waals surface area contributed by atoms with Gasteiger partial charge in [-0.1, -0.05) is 28.1 Å². The van der Waals surface area contributed by atoms with Gasteiger partial charge in [-0.15, -0.1) is 0 Å². The van der Waals surface area contributed by atoms with Crippen molar-refractivity contribution >= 4 is 61.1 Å². The van der Waals surface area contributed by atoms with Crippen LogP contribution in [0, 0.1) is 6.07 Å². The molecule has 0 aliphatic carbocycles. The fourth-order valence-corrected chi connectivity index (χ4v) is 0.656. The molecule has 0 aromatic heterocycles. The Kier molecular flexibility index (Phi) is 18.4. The first-order valence-electron chi connectivity index (χ1n) is 5.69. The van der Waals surface area contributed by atoms with Crippen LogP contribution in [-0.4, -0.2) is 63.7 Å². The first-order chi connectivity index (χ1) is 12.2. The van der Waals surface area contributed by atoms with Gasteiger partial charge in [-0.25, -0.2) is 0 Å². The number of alkyl halides is 9. The maximum absolute atomic E-state index is 10.5. The largest absolute Gasteiger partial charge is 0.542 e. The van der Waals surface area contributed by atoms with E-state index in [9.17, 15) is 39.5 Å². The number of benzene rings is 1. The average molecular weight is 702 g/mol. The van der Waals surface area contributed by atoms with E-state index in [4.69, 9.17) is 29.7 Å². The molecule has 0 saturated heterocycles. The summed E-state index contributed by atoms with van der Waals surface area (Å²) in [5.41, 5.74) is 0. The maximum atomic E-state index is 10.5. The van der Waals surface area contributed by atoms with Gasteiger partial charge >= 0.3 is 18.5 Å². The first-order valence-corrected chi connectivity index (χ1v) is 6.48. The Morgan fingerprint density at radius 1 is 0.759 bits per heavy atom. The third-order valence-corrected chi connectivity index (χ3v) is 1.86. The number of hydrogen-bond donors (Lipinski definition) is 0. The van der Waals surface area contributed by atoms with Crippen LogP contribution in [-0.2, 0) is 14.4 Å². The Morgan fingerprint density at radius 3 is 1.07 bits per heavy atom. The van der Waals surface area contributed by atoms with Crippen LogP contribution in [0.2, 0.25) is 0 Å². The van der Waals surface area contributed by atoms with E-state index in [1.165, 1.54) is 0 Å². The molecule has 1 aromatic rings. The van der Waals surface area contributed by atoms with Crippen LogP contribution in [0.3, 0.4) is 0 Å². The van der Waals surface area contributed by atoms with Crippen molar-refractivity contribution in [1.82, 2.24) is 0 Å². The van der Waals surface area contributed by atoms with Crippen LogP contribution in [0.25, 0.3) is 0 Å². The number of aliphatic carboxylic acids is 3. The number of carboxylic acid groups (broad SMARTS) is 3. The van der Waals surface area contributed by atoms with Crippen LogP contribution in [0.5, 0.6) is 0 Å². The Labute approximate surface area is 183 Å². The van der Waals surface area contributed by atoms with Gasteiger partial charge in [0.1, 0.15) is 17.9 Å². The normalized spacial score (nSPS) is 10.3. The summed E-state index contributed by atoms with van der Waals surface area (Å²) in [5, 5.41) is 26.4. The molecule has 5 radical (unpaired) electrons. The molecule has 29 heavy (non-hydrogen) atoms. The van der Waals surface area contributed by atoms with Crippen molar-refractivity contribution in [2.75, 3.05) is 0 Å². The van der Waals surface area contributed by atoms with Crippen molar-refractivity contribution in [3.63, 3.8) is 0 Å². The van der Waals surface area contributed by atoms with E-state index in [0.717, 1.165) is 4.47 Å². The second-order valence-electron chi connectivity index (χ2n) is 3.58. The van der Waals surface area contributed by atoms with Gasteiger partial charge in [0.25, 0.3) is 0 Å². The summed E-state index contributed by atoms with van der Waals surface area (Å²) in [5.74, 6) is -9.02. The fraction of sp³-hybridized carbons (Fsp3) is 0.250. The Morgan fingerprint density at radius 2 is 1.00 bits per heavy atom. The summed E-state index contributed by atoms with van der Waals surface area (Å²) in [6.45, 7) is 0. The van der Waals surface area contributed by atoms with Crippen molar-refractivity contribution in [3.05, 3.63) is 34.8 Å². The Bertz CT molecular complexity index is 560. The molecule has 0 N–H and O–H groups in total. The predicted octanol–water partition coefficient (Wildman–Crippen LogP) is -0.236. The number of halogens is 10. The summed E-state index contributed by atoms with van der Waals surface area (Å²) in [7, 11) is 0. The van der Waals surface area contributed by atoms with Crippen LogP contribution in [0.4, 0.5) is 39.5 Å². The summed E-state index contributed by atoms with van der Waals surface area (Å²) in [4.78, 5) is 26.4.